The predicted molar refractivity (Wildman–Crippen MR) is 100 cm³/mol. The van der Waals surface area contributed by atoms with Crippen molar-refractivity contribution in [3.05, 3.63) is 71.0 Å². The fourth-order valence-corrected chi connectivity index (χ4v) is 4.75. The van der Waals surface area contributed by atoms with Crippen molar-refractivity contribution in [2.24, 2.45) is 11.3 Å². The van der Waals surface area contributed by atoms with E-state index in [0.29, 0.717) is 5.82 Å². The normalized spacial score (nSPS) is 26.3. The summed E-state index contributed by atoms with van der Waals surface area (Å²) in [6.07, 6.45) is 5.54. The number of carbonyl (C=O) groups excluding carboxylic acids is 1. The first-order valence-corrected chi connectivity index (χ1v) is 8.95. The highest BCUT2D eigenvalue weighted by atomic mass is 16.1. The van der Waals surface area contributed by atoms with Crippen molar-refractivity contribution in [1.29, 1.82) is 0 Å². The van der Waals surface area contributed by atoms with Gasteiger partial charge in [0.1, 0.15) is 0 Å². The highest BCUT2D eigenvalue weighted by Gasteiger charge is 2.54. The zero-order chi connectivity index (χ0) is 18.5. The largest absolute Gasteiger partial charge is 0.307 e. The molecule has 1 aromatic heterocycles. The molecule has 0 spiro atoms. The van der Waals surface area contributed by atoms with Crippen LogP contribution in [-0.4, -0.2) is 15.8 Å². The summed E-state index contributed by atoms with van der Waals surface area (Å²) in [4.78, 5) is 25.8. The number of ketones is 1. The highest BCUT2D eigenvalue weighted by molar-refractivity contribution is 6.02. The smallest absolute Gasteiger partial charge is 0.226 e. The maximum atomic E-state index is 12.8. The van der Waals surface area contributed by atoms with Gasteiger partial charge in [0.15, 0.2) is 11.6 Å². The predicted octanol–water partition coefficient (Wildman–Crippen LogP) is 4.38. The van der Waals surface area contributed by atoms with E-state index >= 15 is 0 Å². The number of aryl methyl sites for hydroxylation is 1. The van der Waals surface area contributed by atoms with E-state index in [4.69, 9.17) is 11.6 Å². The Bertz CT molecular complexity index is 969. The maximum absolute atomic E-state index is 12.8. The quantitative estimate of drug-likeness (QED) is 0.722. The first-order chi connectivity index (χ1) is 12.4. The van der Waals surface area contributed by atoms with Crippen LogP contribution in [0.4, 0.5) is 0 Å². The number of allylic oxidation sites excluding steroid dienone is 2. The van der Waals surface area contributed by atoms with Gasteiger partial charge >= 0.3 is 0 Å². The summed E-state index contributed by atoms with van der Waals surface area (Å²) < 4.78 is 0. The summed E-state index contributed by atoms with van der Waals surface area (Å²) in [5.74, 6) is 0.772. The second-order valence-corrected chi connectivity index (χ2v) is 8.00. The lowest BCUT2D eigenvalue weighted by Gasteiger charge is -2.50. The highest BCUT2D eigenvalue weighted by Crippen LogP contribution is 2.54. The summed E-state index contributed by atoms with van der Waals surface area (Å²) in [5, 5.41) is 0. The van der Waals surface area contributed by atoms with Crippen LogP contribution in [0, 0.1) is 17.9 Å². The van der Waals surface area contributed by atoms with Crippen LogP contribution < -0.4 is 0 Å². The Hall–Kier alpha value is -2.80. The zero-order valence-corrected chi connectivity index (χ0v) is 15.3. The van der Waals surface area contributed by atoms with Gasteiger partial charge in [-0.15, -0.1) is 0 Å². The molecule has 4 nitrogen and oxygen atoms in total. The molecule has 0 amide bonds. The lowest BCUT2D eigenvalue weighted by Crippen LogP contribution is -2.51. The summed E-state index contributed by atoms with van der Waals surface area (Å²) in [5.41, 5.74) is 2.29. The maximum Gasteiger partial charge on any atom is 0.226 e. The molecule has 2 atom stereocenters. The first kappa shape index (κ1) is 16.7. The average Bonchev–Trinajstić information content (AvgIpc) is 2.65. The van der Waals surface area contributed by atoms with Gasteiger partial charge < -0.3 is 4.79 Å². The van der Waals surface area contributed by atoms with Crippen molar-refractivity contribution in [1.82, 2.24) is 9.97 Å². The van der Waals surface area contributed by atoms with Gasteiger partial charge in [0, 0.05) is 22.6 Å². The van der Waals surface area contributed by atoms with E-state index in [1.54, 1.807) is 0 Å². The van der Waals surface area contributed by atoms with Crippen LogP contribution in [0.1, 0.15) is 38.4 Å². The van der Waals surface area contributed by atoms with E-state index in [0.717, 1.165) is 29.7 Å². The van der Waals surface area contributed by atoms with E-state index in [1.165, 1.54) is 0 Å². The number of fused-ring (bicyclic) bond motifs is 3. The third-order valence-electron chi connectivity index (χ3n) is 6.08. The van der Waals surface area contributed by atoms with Gasteiger partial charge in [0.25, 0.3) is 0 Å². The number of hydrogen-bond donors (Lipinski definition) is 0. The lowest BCUT2D eigenvalue weighted by atomic mass is 9.53. The molecule has 0 aliphatic heterocycles. The number of carbonyl (C=O) groups is 1. The molecule has 0 saturated heterocycles. The summed E-state index contributed by atoms with van der Waals surface area (Å²) in [7, 11) is 0. The minimum atomic E-state index is -0.571. The number of aromatic nitrogens is 2. The van der Waals surface area contributed by atoms with Crippen molar-refractivity contribution in [2.45, 2.75) is 39.0 Å². The molecule has 0 unspecified atom stereocenters. The monoisotopic (exact) mass is 343 g/mol. The summed E-state index contributed by atoms with van der Waals surface area (Å²) in [6, 6.07) is 9.92. The van der Waals surface area contributed by atoms with Crippen LogP contribution in [0.15, 0.2) is 48.3 Å². The number of hydrogen-bond acceptors (Lipinski definition) is 3. The fraction of sp³-hybridized carbons (Fsp3) is 0.364. The summed E-state index contributed by atoms with van der Waals surface area (Å²) in [6.45, 7) is 13.5. The molecule has 1 heterocycles. The Kier molecular flexibility index (Phi) is 3.59. The lowest BCUT2D eigenvalue weighted by molar-refractivity contribution is -0.128. The minimum Gasteiger partial charge on any atom is -0.307 e. The van der Waals surface area contributed by atoms with Gasteiger partial charge in [-0.25, -0.2) is 14.8 Å². The van der Waals surface area contributed by atoms with Gasteiger partial charge in [0.2, 0.25) is 5.70 Å². The van der Waals surface area contributed by atoms with Crippen molar-refractivity contribution in [2.75, 3.05) is 0 Å². The molecular weight excluding hydrogens is 322 g/mol. The van der Waals surface area contributed by atoms with E-state index in [9.17, 15) is 4.79 Å². The third-order valence-corrected chi connectivity index (χ3v) is 6.08. The number of benzene rings is 1. The second-order valence-electron chi connectivity index (χ2n) is 8.00. The van der Waals surface area contributed by atoms with Crippen LogP contribution in [0.2, 0.25) is 0 Å². The summed E-state index contributed by atoms with van der Waals surface area (Å²) >= 11 is 0. The van der Waals surface area contributed by atoms with E-state index < -0.39 is 10.8 Å². The van der Waals surface area contributed by atoms with Crippen molar-refractivity contribution >= 4 is 5.78 Å². The molecule has 2 aliphatic rings. The molecule has 2 aromatic rings. The molecule has 0 fully saturated rings. The molecule has 4 heteroatoms. The third kappa shape index (κ3) is 2.24. The Labute approximate surface area is 153 Å². The van der Waals surface area contributed by atoms with Crippen molar-refractivity contribution in [3.8, 4) is 11.4 Å². The standard InChI is InChI=1S/C22H21N3O/c1-21(2)17-11-10-15-13-24-20(14-8-6-5-7-9-14)25-18(15)22(17,3)12-16(23-4)19(21)26/h5-9,12-13,17H,10-11H2,1-3H3/t17-,22-/m0/s1. The molecule has 1 aromatic carbocycles. The van der Waals surface area contributed by atoms with Gasteiger partial charge in [-0.05, 0) is 24.3 Å². The van der Waals surface area contributed by atoms with Crippen molar-refractivity contribution < 1.29 is 4.79 Å². The zero-order valence-electron chi connectivity index (χ0n) is 15.3. The molecule has 130 valence electrons. The van der Waals surface area contributed by atoms with E-state index in [2.05, 4.69) is 16.8 Å². The molecule has 2 aliphatic carbocycles. The first-order valence-electron chi connectivity index (χ1n) is 8.95. The van der Waals surface area contributed by atoms with Crippen LogP contribution >= 0.6 is 0 Å². The van der Waals surface area contributed by atoms with Crippen LogP contribution in [0.3, 0.4) is 0 Å². The van der Waals surface area contributed by atoms with Gasteiger partial charge in [-0.2, -0.15) is 0 Å². The Morgan fingerprint density at radius 3 is 2.62 bits per heavy atom. The SMILES string of the molecule is [C-]#[N+]C1=C[C@]2(C)c3nc(-c4ccccc4)ncc3CC[C@H]2C(C)(C)C1=O. The van der Waals surface area contributed by atoms with Crippen molar-refractivity contribution in [3.63, 3.8) is 0 Å². The molecule has 0 N–H and O–H groups in total. The van der Waals surface area contributed by atoms with Crippen LogP contribution in [-0.2, 0) is 16.6 Å². The van der Waals surface area contributed by atoms with Gasteiger partial charge in [-0.1, -0.05) is 57.2 Å². The number of rotatable bonds is 1. The van der Waals surface area contributed by atoms with Gasteiger partial charge in [-0.3, -0.25) is 0 Å². The number of nitrogens with zero attached hydrogens (tertiary/aromatic N) is 3. The molecule has 0 saturated carbocycles. The Morgan fingerprint density at radius 2 is 1.92 bits per heavy atom. The molecular formula is C22H21N3O. The second kappa shape index (κ2) is 5.60. The fourth-order valence-electron chi connectivity index (χ4n) is 4.75. The average molecular weight is 343 g/mol. The molecule has 4 rings (SSSR count). The molecule has 0 radical (unpaired) electrons. The van der Waals surface area contributed by atoms with E-state index in [1.807, 2.05) is 56.5 Å². The number of Topliss-reactive ketones (excluding diaryl/α,β-unsaturated/α-hetero) is 1. The van der Waals surface area contributed by atoms with Crippen LogP contribution in [0.5, 0.6) is 0 Å². The Balaban J connectivity index is 1.94. The molecule has 0 bridgehead atoms. The topological polar surface area (TPSA) is 47.2 Å². The van der Waals surface area contributed by atoms with Crippen LogP contribution in [0.25, 0.3) is 16.2 Å². The minimum absolute atomic E-state index is 0.0456. The molecule has 26 heavy (non-hydrogen) atoms. The van der Waals surface area contributed by atoms with Gasteiger partial charge in [0.05, 0.1) is 12.3 Å². The van der Waals surface area contributed by atoms with E-state index in [-0.39, 0.29) is 17.4 Å². The Morgan fingerprint density at radius 1 is 1.19 bits per heavy atom.